The normalized spacial score (nSPS) is 12.0. The highest BCUT2D eigenvalue weighted by atomic mass is 16.5. The number of nitrogens with one attached hydrogen (secondary N) is 1. The van der Waals surface area contributed by atoms with Gasteiger partial charge in [0.05, 0.1) is 13.2 Å². The molecule has 30 heavy (non-hydrogen) atoms. The van der Waals surface area contributed by atoms with Gasteiger partial charge in [-0.15, -0.1) is 0 Å². The Labute approximate surface area is 177 Å². The van der Waals surface area contributed by atoms with Crippen molar-refractivity contribution in [3.05, 3.63) is 101 Å². The maximum Gasteiger partial charge on any atom is 0.254 e. The summed E-state index contributed by atoms with van der Waals surface area (Å²) in [5.74, 6) is 0.656. The fraction of sp³-hybridized carbons (Fsp3) is 0.192. The smallest absolute Gasteiger partial charge is 0.254 e. The number of benzene rings is 3. The molecule has 1 N–H and O–H groups in total. The molecule has 1 aromatic heterocycles. The zero-order chi connectivity index (χ0) is 21.1. The summed E-state index contributed by atoms with van der Waals surface area (Å²) in [7, 11) is 1.61. The third kappa shape index (κ3) is 3.69. The van der Waals surface area contributed by atoms with Crippen molar-refractivity contribution in [1.82, 2.24) is 9.88 Å². The first kappa shape index (κ1) is 19.8. The molecule has 4 rings (SSSR count). The highest BCUT2D eigenvalue weighted by molar-refractivity contribution is 5.96. The second-order valence-electron chi connectivity index (χ2n) is 7.43. The van der Waals surface area contributed by atoms with Crippen LogP contribution in [0.4, 0.5) is 0 Å². The third-order valence-corrected chi connectivity index (χ3v) is 5.54. The van der Waals surface area contributed by atoms with E-state index in [0.717, 1.165) is 22.0 Å². The predicted octanol–water partition coefficient (Wildman–Crippen LogP) is 5.74. The number of fused-ring (bicyclic) bond motifs is 1. The lowest BCUT2D eigenvalue weighted by atomic mass is 9.95. The van der Waals surface area contributed by atoms with Crippen molar-refractivity contribution >= 4 is 16.8 Å². The standard InChI is InChI=1S/C26H26N2O2/c1-4-28(26(29)20-8-7-9-21(16-20)30-3)25(19-14-12-18(2)13-15-19)23-17-27-24-11-6-5-10-22(23)24/h5-17,25,27H,4H2,1-3H3/t25-/m0/s1. The number of aromatic amines is 1. The van der Waals surface area contributed by atoms with Crippen LogP contribution in [0.5, 0.6) is 5.75 Å². The number of hydrogen-bond donors (Lipinski definition) is 1. The van der Waals surface area contributed by atoms with Crippen LogP contribution in [0.15, 0.2) is 79.0 Å². The molecule has 0 radical (unpaired) electrons. The van der Waals surface area contributed by atoms with Crippen molar-refractivity contribution in [1.29, 1.82) is 0 Å². The molecule has 4 heteroatoms. The van der Waals surface area contributed by atoms with E-state index >= 15 is 0 Å². The van der Waals surface area contributed by atoms with Gasteiger partial charge in [0.2, 0.25) is 0 Å². The van der Waals surface area contributed by atoms with E-state index in [2.05, 4.69) is 48.3 Å². The molecular weight excluding hydrogens is 372 g/mol. The van der Waals surface area contributed by atoms with E-state index in [-0.39, 0.29) is 11.9 Å². The number of amides is 1. The van der Waals surface area contributed by atoms with E-state index in [4.69, 9.17) is 4.74 Å². The summed E-state index contributed by atoms with van der Waals surface area (Å²) in [5, 5.41) is 1.12. The van der Waals surface area contributed by atoms with E-state index in [1.807, 2.05) is 48.4 Å². The Morgan fingerprint density at radius 1 is 1.03 bits per heavy atom. The summed E-state index contributed by atoms with van der Waals surface area (Å²) < 4.78 is 5.33. The Hall–Kier alpha value is -3.53. The first-order chi connectivity index (χ1) is 14.6. The number of aromatic nitrogens is 1. The van der Waals surface area contributed by atoms with E-state index in [9.17, 15) is 4.79 Å². The van der Waals surface area contributed by atoms with Crippen molar-refractivity contribution < 1.29 is 9.53 Å². The van der Waals surface area contributed by atoms with Crippen LogP contribution in [0.3, 0.4) is 0 Å². The summed E-state index contributed by atoms with van der Waals surface area (Å²) >= 11 is 0. The van der Waals surface area contributed by atoms with Crippen molar-refractivity contribution in [2.24, 2.45) is 0 Å². The Morgan fingerprint density at radius 3 is 2.53 bits per heavy atom. The third-order valence-electron chi connectivity index (χ3n) is 5.54. The van der Waals surface area contributed by atoms with Gasteiger partial charge in [0.1, 0.15) is 5.75 Å². The first-order valence-corrected chi connectivity index (χ1v) is 10.2. The van der Waals surface area contributed by atoms with Crippen molar-refractivity contribution in [3.63, 3.8) is 0 Å². The Balaban J connectivity index is 1.85. The lowest BCUT2D eigenvalue weighted by Crippen LogP contribution is -2.35. The molecule has 0 fully saturated rings. The summed E-state index contributed by atoms with van der Waals surface area (Å²) in [5.41, 5.74) is 5.05. The summed E-state index contributed by atoms with van der Waals surface area (Å²) in [4.78, 5) is 18.9. The van der Waals surface area contributed by atoms with Gasteiger partial charge in [-0.25, -0.2) is 0 Å². The monoisotopic (exact) mass is 398 g/mol. The van der Waals surface area contributed by atoms with Gasteiger partial charge < -0.3 is 14.6 Å². The van der Waals surface area contributed by atoms with Crippen LogP contribution in [0.25, 0.3) is 10.9 Å². The number of ether oxygens (including phenoxy) is 1. The molecular formula is C26H26N2O2. The summed E-state index contributed by atoms with van der Waals surface area (Å²) in [6.07, 6.45) is 2.02. The largest absolute Gasteiger partial charge is 0.497 e. The van der Waals surface area contributed by atoms with Crippen molar-refractivity contribution in [2.45, 2.75) is 19.9 Å². The molecule has 152 valence electrons. The second-order valence-corrected chi connectivity index (χ2v) is 7.43. The molecule has 3 aromatic carbocycles. The van der Waals surface area contributed by atoms with Crippen molar-refractivity contribution in [3.8, 4) is 5.75 Å². The van der Waals surface area contributed by atoms with Gasteiger partial charge in [0, 0.05) is 34.8 Å². The highest BCUT2D eigenvalue weighted by Crippen LogP contribution is 2.35. The number of carbonyl (C=O) groups excluding carboxylic acids is 1. The number of H-pyrrole nitrogens is 1. The van der Waals surface area contributed by atoms with E-state index in [1.54, 1.807) is 13.2 Å². The van der Waals surface area contributed by atoms with Crippen LogP contribution < -0.4 is 4.74 Å². The van der Waals surface area contributed by atoms with E-state index in [0.29, 0.717) is 17.9 Å². The minimum atomic E-state index is -0.203. The average Bonchev–Trinajstić information content (AvgIpc) is 3.21. The first-order valence-electron chi connectivity index (χ1n) is 10.2. The molecule has 0 aliphatic carbocycles. The van der Waals surface area contributed by atoms with Gasteiger partial charge in [0.25, 0.3) is 5.91 Å². The van der Waals surface area contributed by atoms with Crippen LogP contribution >= 0.6 is 0 Å². The molecule has 0 bridgehead atoms. The maximum atomic E-state index is 13.6. The molecule has 0 unspecified atom stereocenters. The highest BCUT2D eigenvalue weighted by Gasteiger charge is 2.28. The molecule has 0 aliphatic rings. The fourth-order valence-electron chi connectivity index (χ4n) is 3.96. The van der Waals surface area contributed by atoms with Crippen LogP contribution in [-0.2, 0) is 0 Å². The average molecular weight is 399 g/mol. The molecule has 0 spiro atoms. The summed E-state index contributed by atoms with van der Waals surface area (Å²) in [6, 6.07) is 23.8. The molecule has 1 amide bonds. The van der Waals surface area contributed by atoms with E-state index < -0.39 is 0 Å². The summed E-state index contributed by atoms with van der Waals surface area (Å²) in [6.45, 7) is 4.67. The van der Waals surface area contributed by atoms with Gasteiger partial charge in [-0.3, -0.25) is 4.79 Å². The maximum absolute atomic E-state index is 13.6. The second kappa shape index (κ2) is 8.46. The number of methoxy groups -OCH3 is 1. The quantitative estimate of drug-likeness (QED) is 0.450. The number of hydrogen-bond acceptors (Lipinski definition) is 2. The van der Waals surface area contributed by atoms with Gasteiger partial charge in [0.15, 0.2) is 0 Å². The van der Waals surface area contributed by atoms with E-state index in [1.165, 1.54) is 5.56 Å². The molecule has 1 atom stereocenters. The van der Waals surface area contributed by atoms with Crippen LogP contribution in [0.1, 0.15) is 40.0 Å². The zero-order valence-electron chi connectivity index (χ0n) is 17.6. The van der Waals surface area contributed by atoms with Gasteiger partial charge in [-0.1, -0.05) is 54.1 Å². The van der Waals surface area contributed by atoms with Crippen molar-refractivity contribution in [2.75, 3.05) is 13.7 Å². The topological polar surface area (TPSA) is 45.3 Å². The fourth-order valence-corrected chi connectivity index (χ4v) is 3.96. The molecule has 0 aliphatic heterocycles. The Morgan fingerprint density at radius 2 is 1.80 bits per heavy atom. The lowest BCUT2D eigenvalue weighted by Gasteiger charge is -2.32. The molecule has 4 aromatic rings. The predicted molar refractivity (Wildman–Crippen MR) is 121 cm³/mol. The van der Waals surface area contributed by atoms with Crippen LogP contribution in [-0.4, -0.2) is 29.4 Å². The molecule has 0 saturated heterocycles. The van der Waals surface area contributed by atoms with Gasteiger partial charge in [-0.05, 0) is 43.7 Å². The molecule has 1 heterocycles. The van der Waals surface area contributed by atoms with Gasteiger partial charge in [-0.2, -0.15) is 0 Å². The van der Waals surface area contributed by atoms with Crippen LogP contribution in [0, 0.1) is 6.92 Å². The van der Waals surface area contributed by atoms with Gasteiger partial charge >= 0.3 is 0 Å². The minimum Gasteiger partial charge on any atom is -0.497 e. The lowest BCUT2D eigenvalue weighted by molar-refractivity contribution is 0.0717. The zero-order valence-corrected chi connectivity index (χ0v) is 17.6. The molecule has 0 saturated carbocycles. The Bertz CT molecular complexity index is 1160. The molecule has 4 nitrogen and oxygen atoms in total. The Kier molecular flexibility index (Phi) is 5.57. The van der Waals surface area contributed by atoms with Crippen LogP contribution in [0.2, 0.25) is 0 Å². The number of rotatable bonds is 6. The number of nitrogens with zero attached hydrogens (tertiary/aromatic N) is 1. The number of aryl methyl sites for hydroxylation is 1. The SMILES string of the molecule is CCN(C(=O)c1cccc(OC)c1)[C@@H](c1ccc(C)cc1)c1c[nH]c2ccccc12. The number of para-hydroxylation sites is 1. The number of carbonyl (C=O) groups is 1. The minimum absolute atomic E-state index is 0.0211.